The maximum Gasteiger partial charge on any atom is 0.251 e. The minimum absolute atomic E-state index is 0.0589. The number of hydrogen-bond acceptors (Lipinski definition) is 3. The first-order chi connectivity index (χ1) is 13.6. The summed E-state index contributed by atoms with van der Waals surface area (Å²) in [6.45, 7) is 4.06. The van der Waals surface area contributed by atoms with Gasteiger partial charge in [-0.3, -0.25) is 4.79 Å². The summed E-state index contributed by atoms with van der Waals surface area (Å²) in [5.74, 6) is 1.68. The smallest absolute Gasteiger partial charge is 0.251 e. The van der Waals surface area contributed by atoms with E-state index >= 15 is 0 Å². The normalized spacial score (nSPS) is 21.9. The average Bonchev–Trinajstić information content (AvgIpc) is 2.71. The van der Waals surface area contributed by atoms with E-state index in [0.717, 1.165) is 41.5 Å². The lowest BCUT2D eigenvalue weighted by Gasteiger charge is -2.32. The van der Waals surface area contributed by atoms with Crippen LogP contribution in [0.25, 0.3) is 0 Å². The molecular formula is C23H27ClN2OS. The van der Waals surface area contributed by atoms with Crippen molar-refractivity contribution in [2.75, 3.05) is 17.2 Å². The molecule has 0 saturated heterocycles. The van der Waals surface area contributed by atoms with E-state index in [1.807, 2.05) is 30.0 Å². The van der Waals surface area contributed by atoms with E-state index in [0.29, 0.717) is 12.0 Å². The lowest BCUT2D eigenvalue weighted by Crippen LogP contribution is -2.41. The average molecular weight is 415 g/mol. The van der Waals surface area contributed by atoms with Crippen molar-refractivity contribution in [3.05, 3.63) is 58.6 Å². The van der Waals surface area contributed by atoms with Gasteiger partial charge in [-0.05, 0) is 54.7 Å². The highest BCUT2D eigenvalue weighted by Crippen LogP contribution is 2.36. The molecular weight excluding hydrogens is 388 g/mol. The highest BCUT2D eigenvalue weighted by molar-refractivity contribution is 7.99. The number of rotatable bonds is 4. The standard InChI is InChI=1S/C23H27ClN2OS/c1-16-4-2-3-5-20(16)25-23(27)18-8-11-22-21(14-18)26(12-13-28-22)15-17-6-9-19(24)10-7-17/h6-11,14,16,20H,2-5,12-13,15H2,1H3,(H,25,27)/t16-,20-/m1/s1. The van der Waals surface area contributed by atoms with Crippen LogP contribution in [0.5, 0.6) is 0 Å². The molecule has 2 aromatic carbocycles. The fraction of sp³-hybridized carbons (Fsp3) is 0.435. The molecule has 0 spiro atoms. The lowest BCUT2D eigenvalue weighted by atomic mass is 9.86. The number of carbonyl (C=O) groups excluding carboxylic acids is 1. The zero-order valence-corrected chi connectivity index (χ0v) is 17.9. The fourth-order valence-corrected chi connectivity index (χ4v) is 5.33. The Morgan fingerprint density at radius 2 is 1.96 bits per heavy atom. The van der Waals surface area contributed by atoms with E-state index in [2.05, 4.69) is 41.4 Å². The predicted molar refractivity (Wildman–Crippen MR) is 119 cm³/mol. The maximum atomic E-state index is 12.9. The summed E-state index contributed by atoms with van der Waals surface area (Å²) in [5, 5.41) is 4.04. The van der Waals surface area contributed by atoms with Crippen molar-refractivity contribution in [2.45, 2.75) is 50.1 Å². The van der Waals surface area contributed by atoms with Crippen LogP contribution in [0.3, 0.4) is 0 Å². The van der Waals surface area contributed by atoms with E-state index in [1.54, 1.807) is 0 Å². The van der Waals surface area contributed by atoms with Crippen LogP contribution in [0, 0.1) is 5.92 Å². The van der Waals surface area contributed by atoms with Crippen molar-refractivity contribution in [1.82, 2.24) is 5.32 Å². The van der Waals surface area contributed by atoms with Gasteiger partial charge in [0, 0.05) is 40.4 Å². The van der Waals surface area contributed by atoms with Gasteiger partial charge in [0.2, 0.25) is 0 Å². The zero-order chi connectivity index (χ0) is 19.5. The lowest BCUT2D eigenvalue weighted by molar-refractivity contribution is 0.0910. The number of halogens is 1. The van der Waals surface area contributed by atoms with E-state index < -0.39 is 0 Å². The molecule has 1 aliphatic carbocycles. The number of amides is 1. The molecule has 1 amide bonds. The van der Waals surface area contributed by atoms with Crippen LogP contribution in [0.1, 0.15) is 48.5 Å². The number of hydrogen-bond donors (Lipinski definition) is 1. The molecule has 2 aromatic rings. The van der Waals surface area contributed by atoms with E-state index in [4.69, 9.17) is 11.6 Å². The van der Waals surface area contributed by atoms with Crippen LogP contribution in [0.2, 0.25) is 5.02 Å². The fourth-order valence-electron chi connectivity index (χ4n) is 4.17. The topological polar surface area (TPSA) is 32.3 Å². The summed E-state index contributed by atoms with van der Waals surface area (Å²) in [6.07, 6.45) is 4.80. The van der Waals surface area contributed by atoms with Gasteiger partial charge in [-0.25, -0.2) is 0 Å². The second kappa shape index (κ2) is 8.79. The number of thioether (sulfide) groups is 1. The van der Waals surface area contributed by atoms with Gasteiger partial charge in [0.1, 0.15) is 0 Å². The summed E-state index contributed by atoms with van der Waals surface area (Å²) >= 11 is 7.89. The predicted octanol–water partition coefficient (Wildman–Crippen LogP) is 5.76. The second-order valence-corrected chi connectivity index (χ2v) is 9.49. The van der Waals surface area contributed by atoms with Gasteiger partial charge in [0.15, 0.2) is 0 Å². The minimum atomic E-state index is 0.0589. The summed E-state index contributed by atoms with van der Waals surface area (Å²) in [6, 6.07) is 14.5. The summed E-state index contributed by atoms with van der Waals surface area (Å²) in [4.78, 5) is 16.5. The van der Waals surface area contributed by atoms with Crippen LogP contribution < -0.4 is 10.2 Å². The van der Waals surface area contributed by atoms with Gasteiger partial charge in [-0.1, -0.05) is 43.5 Å². The quantitative estimate of drug-likeness (QED) is 0.690. The first kappa shape index (κ1) is 19.7. The Balaban J connectivity index is 1.52. The summed E-state index contributed by atoms with van der Waals surface area (Å²) in [7, 11) is 0. The van der Waals surface area contributed by atoms with Crippen molar-refractivity contribution >= 4 is 35.0 Å². The van der Waals surface area contributed by atoms with Gasteiger partial charge in [0.05, 0.1) is 5.69 Å². The number of nitrogens with zero attached hydrogens (tertiary/aromatic N) is 1. The second-order valence-electron chi connectivity index (χ2n) is 7.92. The summed E-state index contributed by atoms with van der Waals surface area (Å²) < 4.78 is 0. The molecule has 0 bridgehead atoms. The van der Waals surface area contributed by atoms with Crippen molar-refractivity contribution in [1.29, 1.82) is 0 Å². The molecule has 0 aromatic heterocycles. The summed E-state index contributed by atoms with van der Waals surface area (Å²) in [5.41, 5.74) is 3.16. The molecule has 1 N–H and O–H groups in total. The molecule has 1 heterocycles. The molecule has 28 heavy (non-hydrogen) atoms. The van der Waals surface area contributed by atoms with Crippen molar-refractivity contribution in [2.24, 2.45) is 5.92 Å². The van der Waals surface area contributed by atoms with Gasteiger partial charge in [-0.15, -0.1) is 11.8 Å². The molecule has 4 rings (SSSR count). The first-order valence-electron chi connectivity index (χ1n) is 10.2. The Bertz CT molecular complexity index is 839. The van der Waals surface area contributed by atoms with E-state index in [1.165, 1.54) is 29.7 Å². The maximum absolute atomic E-state index is 12.9. The van der Waals surface area contributed by atoms with Crippen molar-refractivity contribution in [3.8, 4) is 0 Å². The van der Waals surface area contributed by atoms with Crippen LogP contribution in [-0.2, 0) is 6.54 Å². The first-order valence-corrected chi connectivity index (χ1v) is 11.5. The van der Waals surface area contributed by atoms with Crippen LogP contribution in [0.15, 0.2) is 47.4 Å². The number of fused-ring (bicyclic) bond motifs is 1. The third-order valence-electron chi connectivity index (χ3n) is 5.90. The zero-order valence-electron chi connectivity index (χ0n) is 16.3. The number of nitrogens with one attached hydrogen (secondary N) is 1. The highest BCUT2D eigenvalue weighted by atomic mass is 35.5. The monoisotopic (exact) mass is 414 g/mol. The molecule has 3 nitrogen and oxygen atoms in total. The number of anilines is 1. The van der Waals surface area contributed by atoms with Crippen molar-refractivity contribution in [3.63, 3.8) is 0 Å². The Morgan fingerprint density at radius 3 is 2.75 bits per heavy atom. The number of benzene rings is 2. The third-order valence-corrected chi connectivity index (χ3v) is 7.19. The Morgan fingerprint density at radius 1 is 1.18 bits per heavy atom. The Hall–Kier alpha value is -1.65. The van der Waals surface area contributed by atoms with Gasteiger partial charge < -0.3 is 10.2 Å². The minimum Gasteiger partial charge on any atom is -0.365 e. The van der Waals surface area contributed by atoms with Gasteiger partial charge in [0.25, 0.3) is 5.91 Å². The van der Waals surface area contributed by atoms with Gasteiger partial charge >= 0.3 is 0 Å². The number of carbonyl (C=O) groups is 1. The van der Waals surface area contributed by atoms with Crippen LogP contribution in [0.4, 0.5) is 5.69 Å². The molecule has 2 atom stereocenters. The molecule has 5 heteroatoms. The molecule has 0 radical (unpaired) electrons. The molecule has 1 saturated carbocycles. The Kier molecular flexibility index (Phi) is 6.17. The van der Waals surface area contributed by atoms with Crippen LogP contribution >= 0.6 is 23.4 Å². The van der Waals surface area contributed by atoms with Gasteiger partial charge in [-0.2, -0.15) is 0 Å². The van der Waals surface area contributed by atoms with Crippen molar-refractivity contribution < 1.29 is 4.79 Å². The SMILES string of the molecule is C[C@@H]1CCCC[C@H]1NC(=O)c1ccc2c(c1)N(Cc1ccc(Cl)cc1)CCS2. The van der Waals surface area contributed by atoms with E-state index in [-0.39, 0.29) is 5.91 Å². The largest absolute Gasteiger partial charge is 0.365 e. The highest BCUT2D eigenvalue weighted by Gasteiger charge is 2.24. The molecule has 148 valence electrons. The molecule has 1 aliphatic heterocycles. The van der Waals surface area contributed by atoms with Crippen LogP contribution in [-0.4, -0.2) is 24.2 Å². The third kappa shape index (κ3) is 4.49. The van der Waals surface area contributed by atoms with E-state index in [9.17, 15) is 4.79 Å². The molecule has 0 unspecified atom stereocenters. The molecule has 2 aliphatic rings. The Labute approximate surface area is 176 Å². The molecule has 1 fully saturated rings.